The van der Waals surface area contributed by atoms with Crippen molar-refractivity contribution in [3.05, 3.63) is 0 Å². The Kier molecular flexibility index (Phi) is 47.2. The highest BCUT2D eigenvalue weighted by Gasteiger charge is 2.19. The molecule has 0 aliphatic carbocycles. The van der Waals surface area contributed by atoms with E-state index in [4.69, 9.17) is 14.2 Å². The zero-order chi connectivity index (χ0) is 43.8. The van der Waals surface area contributed by atoms with Crippen molar-refractivity contribution in [3.63, 3.8) is 0 Å². The molecule has 0 rings (SSSR count). The number of unbranched alkanes of at least 4 members (excludes halogenated alkanes) is 36. The predicted octanol–water partition coefficient (Wildman–Crippen LogP) is 17.5. The molecule has 0 fully saturated rings. The monoisotopic (exact) mass is 849 g/mol. The van der Waals surface area contributed by atoms with Crippen LogP contribution in [0.1, 0.15) is 304 Å². The Hall–Kier alpha value is -1.59. The molecule has 6 nitrogen and oxygen atoms in total. The van der Waals surface area contributed by atoms with Crippen molar-refractivity contribution in [3.8, 4) is 0 Å². The lowest BCUT2D eigenvalue weighted by atomic mass is 10.0. The zero-order valence-electron chi connectivity index (χ0n) is 40.9. The predicted molar refractivity (Wildman–Crippen MR) is 257 cm³/mol. The van der Waals surface area contributed by atoms with Gasteiger partial charge in [0.2, 0.25) is 0 Å². The molecular weight excluding hydrogens is 745 g/mol. The highest BCUT2D eigenvalue weighted by molar-refractivity contribution is 5.71. The molecule has 356 valence electrons. The minimum Gasteiger partial charge on any atom is -0.462 e. The van der Waals surface area contributed by atoms with Gasteiger partial charge in [-0.25, -0.2) is 0 Å². The van der Waals surface area contributed by atoms with Crippen LogP contribution in [0.3, 0.4) is 0 Å². The average Bonchev–Trinajstić information content (AvgIpc) is 3.23. The standard InChI is InChI=1S/C54H104O6/c1-5-7-9-11-13-15-16-17-23-26-30-34-38-42-46-53(56)59-49-51(48-58-52(55)45-41-37-33-28-14-12-10-8-6-2)60-54(57)47-43-39-35-31-27-24-21-19-18-20-22-25-29-32-36-40-44-50(3)4/h50-51H,5-49H2,1-4H3/t51-/m0/s1. The molecule has 6 heteroatoms. The largest absolute Gasteiger partial charge is 0.462 e. The SMILES string of the molecule is CCCCCCCCCCCCCCCCC(=O)OC[C@H](COC(=O)CCCCCCCCCCC)OC(=O)CCCCCCCCCCCCCCCCCCC(C)C. The van der Waals surface area contributed by atoms with Crippen LogP contribution in [-0.4, -0.2) is 37.2 Å². The molecule has 0 N–H and O–H groups in total. The van der Waals surface area contributed by atoms with Crippen LogP contribution in [0, 0.1) is 5.92 Å². The van der Waals surface area contributed by atoms with E-state index in [-0.39, 0.29) is 31.1 Å². The number of ether oxygens (including phenoxy) is 3. The van der Waals surface area contributed by atoms with Gasteiger partial charge < -0.3 is 14.2 Å². The van der Waals surface area contributed by atoms with Gasteiger partial charge >= 0.3 is 17.9 Å². The van der Waals surface area contributed by atoms with Gasteiger partial charge in [-0.15, -0.1) is 0 Å². The number of carbonyl (C=O) groups is 3. The molecule has 0 heterocycles. The van der Waals surface area contributed by atoms with Crippen LogP contribution in [0.5, 0.6) is 0 Å². The van der Waals surface area contributed by atoms with Gasteiger partial charge in [0, 0.05) is 19.3 Å². The van der Waals surface area contributed by atoms with E-state index >= 15 is 0 Å². The molecule has 0 aliphatic heterocycles. The third-order valence-corrected chi connectivity index (χ3v) is 12.3. The molecule has 60 heavy (non-hydrogen) atoms. The van der Waals surface area contributed by atoms with E-state index in [2.05, 4.69) is 27.7 Å². The molecule has 0 spiro atoms. The first-order valence-electron chi connectivity index (χ1n) is 26.9. The second-order valence-electron chi connectivity index (χ2n) is 19.0. The molecule has 0 saturated heterocycles. The molecule has 0 unspecified atom stereocenters. The second kappa shape index (κ2) is 48.4. The normalized spacial score (nSPS) is 11.9. The summed E-state index contributed by atoms with van der Waals surface area (Å²) in [4.78, 5) is 37.9. The van der Waals surface area contributed by atoms with Crippen LogP contribution in [0.15, 0.2) is 0 Å². The fourth-order valence-electron chi connectivity index (χ4n) is 8.22. The van der Waals surface area contributed by atoms with Gasteiger partial charge in [0.1, 0.15) is 13.2 Å². The first-order chi connectivity index (χ1) is 29.4. The summed E-state index contributed by atoms with van der Waals surface area (Å²) in [6, 6.07) is 0. The maximum atomic E-state index is 12.8. The Balaban J connectivity index is 4.23. The van der Waals surface area contributed by atoms with Gasteiger partial charge in [0.05, 0.1) is 0 Å². The third kappa shape index (κ3) is 47.5. The van der Waals surface area contributed by atoms with Crippen LogP contribution in [0.4, 0.5) is 0 Å². The molecular formula is C54H104O6. The number of hydrogen-bond donors (Lipinski definition) is 0. The van der Waals surface area contributed by atoms with Crippen molar-refractivity contribution in [2.45, 2.75) is 310 Å². The molecule has 0 aliphatic rings. The highest BCUT2D eigenvalue weighted by Crippen LogP contribution is 2.17. The highest BCUT2D eigenvalue weighted by atomic mass is 16.6. The van der Waals surface area contributed by atoms with Crippen LogP contribution >= 0.6 is 0 Å². The van der Waals surface area contributed by atoms with Crippen molar-refractivity contribution >= 4 is 17.9 Å². The summed E-state index contributed by atoms with van der Waals surface area (Å²) in [6.45, 7) is 9.03. The Morgan fingerprint density at radius 2 is 0.550 bits per heavy atom. The lowest BCUT2D eigenvalue weighted by molar-refractivity contribution is -0.167. The van der Waals surface area contributed by atoms with Gasteiger partial charge in [-0.1, -0.05) is 265 Å². The van der Waals surface area contributed by atoms with Crippen molar-refractivity contribution in [2.75, 3.05) is 13.2 Å². The Morgan fingerprint density at radius 3 is 0.817 bits per heavy atom. The molecule has 0 aromatic heterocycles. The molecule has 0 aromatic carbocycles. The van der Waals surface area contributed by atoms with Crippen LogP contribution < -0.4 is 0 Å². The molecule has 0 saturated carbocycles. The number of carbonyl (C=O) groups excluding carboxylic acids is 3. The molecule has 0 radical (unpaired) electrons. The van der Waals surface area contributed by atoms with Gasteiger partial charge in [-0.3, -0.25) is 14.4 Å². The summed E-state index contributed by atoms with van der Waals surface area (Å²) in [5.41, 5.74) is 0. The summed E-state index contributed by atoms with van der Waals surface area (Å²) in [6.07, 6.45) is 50.9. The number of hydrogen-bond acceptors (Lipinski definition) is 6. The lowest BCUT2D eigenvalue weighted by Crippen LogP contribution is -2.30. The van der Waals surface area contributed by atoms with Crippen molar-refractivity contribution in [2.24, 2.45) is 5.92 Å². The summed E-state index contributed by atoms with van der Waals surface area (Å²) in [5.74, 6) is 0.00813. The number of rotatable bonds is 49. The lowest BCUT2D eigenvalue weighted by Gasteiger charge is -2.18. The minimum absolute atomic E-state index is 0.0624. The van der Waals surface area contributed by atoms with Gasteiger partial charge in [-0.05, 0) is 25.2 Å². The van der Waals surface area contributed by atoms with Gasteiger partial charge in [0.15, 0.2) is 6.10 Å². The summed E-state index contributed by atoms with van der Waals surface area (Å²) in [5, 5.41) is 0. The molecule has 0 amide bonds. The Labute approximate surface area is 374 Å². The topological polar surface area (TPSA) is 78.9 Å². The van der Waals surface area contributed by atoms with E-state index in [0.29, 0.717) is 19.3 Å². The Bertz CT molecular complexity index is 903. The smallest absolute Gasteiger partial charge is 0.306 e. The third-order valence-electron chi connectivity index (χ3n) is 12.3. The molecule has 1 atom stereocenters. The van der Waals surface area contributed by atoms with E-state index < -0.39 is 6.10 Å². The zero-order valence-corrected chi connectivity index (χ0v) is 40.9. The van der Waals surface area contributed by atoms with Crippen molar-refractivity contribution < 1.29 is 28.6 Å². The maximum Gasteiger partial charge on any atom is 0.306 e. The fourth-order valence-corrected chi connectivity index (χ4v) is 8.22. The van der Waals surface area contributed by atoms with Gasteiger partial charge in [0.25, 0.3) is 0 Å². The first-order valence-corrected chi connectivity index (χ1v) is 26.9. The molecule has 0 aromatic rings. The van der Waals surface area contributed by atoms with E-state index in [1.165, 1.54) is 199 Å². The summed E-state index contributed by atoms with van der Waals surface area (Å²) in [7, 11) is 0. The number of esters is 3. The van der Waals surface area contributed by atoms with Gasteiger partial charge in [-0.2, -0.15) is 0 Å². The van der Waals surface area contributed by atoms with E-state index in [9.17, 15) is 14.4 Å². The quantitative estimate of drug-likeness (QED) is 0.0345. The summed E-state index contributed by atoms with van der Waals surface area (Å²) < 4.78 is 16.8. The Morgan fingerprint density at radius 1 is 0.317 bits per heavy atom. The van der Waals surface area contributed by atoms with Crippen LogP contribution in [0.25, 0.3) is 0 Å². The van der Waals surface area contributed by atoms with E-state index in [1.807, 2.05) is 0 Å². The van der Waals surface area contributed by atoms with E-state index in [1.54, 1.807) is 0 Å². The van der Waals surface area contributed by atoms with Crippen molar-refractivity contribution in [1.29, 1.82) is 0 Å². The minimum atomic E-state index is -0.760. The second-order valence-corrected chi connectivity index (χ2v) is 19.0. The van der Waals surface area contributed by atoms with Crippen molar-refractivity contribution in [1.82, 2.24) is 0 Å². The average molecular weight is 849 g/mol. The fraction of sp³-hybridized carbons (Fsp3) is 0.944. The van der Waals surface area contributed by atoms with Crippen LogP contribution in [-0.2, 0) is 28.6 Å². The first kappa shape index (κ1) is 58.4. The molecule has 0 bridgehead atoms. The van der Waals surface area contributed by atoms with E-state index in [0.717, 1.165) is 63.7 Å². The van der Waals surface area contributed by atoms with Crippen LogP contribution in [0.2, 0.25) is 0 Å². The summed E-state index contributed by atoms with van der Waals surface area (Å²) >= 11 is 0. The maximum absolute atomic E-state index is 12.8.